The maximum Gasteiger partial charge on any atom is 0.260 e. The van der Waals surface area contributed by atoms with E-state index < -0.39 is 22.5 Å². The zero-order valence-electron chi connectivity index (χ0n) is 22.7. The molecule has 1 aromatic heterocycles. The Kier molecular flexibility index (Phi) is 8.21. The molecule has 9 heteroatoms. The standard InChI is InChI=1S/C30H32N4O4S/c1-21-10-9-11-22(2)30(21)34-23(3)18-25(24(34)4)19-31-32-29(35)20-33(39(5,36)37)26-14-16-28(17-15-26)38-27-12-7-6-8-13-27/h6-19H,20H2,1-5H3,(H,32,35)/b31-19-. The first kappa shape index (κ1) is 27.7. The molecule has 0 aliphatic rings. The molecule has 0 aliphatic carbocycles. The average molecular weight is 545 g/mol. The zero-order valence-corrected chi connectivity index (χ0v) is 23.5. The maximum absolute atomic E-state index is 12.7. The average Bonchev–Trinajstić information content (AvgIpc) is 3.16. The lowest BCUT2D eigenvalue weighted by Gasteiger charge is -2.21. The number of rotatable bonds is 9. The van der Waals surface area contributed by atoms with Gasteiger partial charge in [0.1, 0.15) is 18.0 Å². The molecule has 0 spiro atoms. The molecule has 1 amide bonds. The van der Waals surface area contributed by atoms with Crippen LogP contribution in [-0.2, 0) is 14.8 Å². The zero-order chi connectivity index (χ0) is 28.2. The van der Waals surface area contributed by atoms with Gasteiger partial charge in [-0.3, -0.25) is 9.10 Å². The Labute approximate surface area is 229 Å². The van der Waals surface area contributed by atoms with E-state index in [2.05, 4.69) is 41.1 Å². The van der Waals surface area contributed by atoms with Crippen molar-refractivity contribution in [1.82, 2.24) is 9.99 Å². The van der Waals surface area contributed by atoms with Crippen LogP contribution in [0.25, 0.3) is 5.69 Å². The summed E-state index contributed by atoms with van der Waals surface area (Å²) in [5.74, 6) is 0.646. The number of amides is 1. The number of anilines is 1. The number of benzene rings is 3. The molecular formula is C30H32N4O4S. The van der Waals surface area contributed by atoms with Crippen molar-refractivity contribution in [3.8, 4) is 17.2 Å². The molecular weight excluding hydrogens is 512 g/mol. The summed E-state index contributed by atoms with van der Waals surface area (Å²) in [6.07, 6.45) is 2.63. The quantitative estimate of drug-likeness (QED) is 0.225. The molecule has 202 valence electrons. The van der Waals surface area contributed by atoms with Crippen LogP contribution in [0.5, 0.6) is 11.5 Å². The summed E-state index contributed by atoms with van der Waals surface area (Å²) in [4.78, 5) is 12.7. The van der Waals surface area contributed by atoms with Gasteiger partial charge in [0.2, 0.25) is 10.0 Å². The van der Waals surface area contributed by atoms with Crippen molar-refractivity contribution in [3.63, 3.8) is 0 Å². The smallest absolute Gasteiger partial charge is 0.260 e. The van der Waals surface area contributed by atoms with E-state index in [9.17, 15) is 13.2 Å². The fraction of sp³-hybridized carbons (Fsp3) is 0.200. The van der Waals surface area contributed by atoms with Gasteiger partial charge < -0.3 is 9.30 Å². The SMILES string of the molecule is Cc1cccc(C)c1-n1c(C)cc(/C=N\NC(=O)CN(c2ccc(Oc3ccccc3)cc2)S(C)(=O)=O)c1C. The van der Waals surface area contributed by atoms with Crippen LogP contribution >= 0.6 is 0 Å². The Bertz CT molecular complexity index is 1590. The second-order valence-electron chi connectivity index (χ2n) is 9.37. The number of aryl methyl sites for hydroxylation is 3. The van der Waals surface area contributed by atoms with Crippen molar-refractivity contribution < 1.29 is 17.9 Å². The molecule has 0 unspecified atom stereocenters. The first-order valence-electron chi connectivity index (χ1n) is 12.4. The lowest BCUT2D eigenvalue weighted by molar-refractivity contribution is -0.119. The molecule has 0 atom stereocenters. The fourth-order valence-electron chi connectivity index (χ4n) is 4.47. The van der Waals surface area contributed by atoms with Crippen molar-refractivity contribution in [1.29, 1.82) is 0 Å². The molecule has 0 bridgehead atoms. The van der Waals surface area contributed by atoms with Gasteiger partial charge in [0.25, 0.3) is 5.91 Å². The third-order valence-corrected chi connectivity index (χ3v) is 7.46. The van der Waals surface area contributed by atoms with E-state index in [4.69, 9.17) is 4.74 Å². The number of hydrazone groups is 1. The molecule has 0 saturated heterocycles. The summed E-state index contributed by atoms with van der Waals surface area (Å²) in [7, 11) is -3.73. The number of hydrogen-bond donors (Lipinski definition) is 1. The maximum atomic E-state index is 12.7. The Balaban J connectivity index is 1.45. The second-order valence-corrected chi connectivity index (χ2v) is 11.3. The minimum atomic E-state index is -3.73. The van der Waals surface area contributed by atoms with E-state index in [-0.39, 0.29) is 0 Å². The largest absolute Gasteiger partial charge is 0.457 e. The Morgan fingerprint density at radius 2 is 1.54 bits per heavy atom. The van der Waals surface area contributed by atoms with Gasteiger partial charge in [-0.05, 0) is 81.3 Å². The molecule has 8 nitrogen and oxygen atoms in total. The van der Waals surface area contributed by atoms with E-state index in [1.807, 2.05) is 56.3 Å². The van der Waals surface area contributed by atoms with E-state index in [0.29, 0.717) is 17.2 Å². The van der Waals surface area contributed by atoms with Crippen LogP contribution in [0.4, 0.5) is 5.69 Å². The van der Waals surface area contributed by atoms with Crippen molar-refractivity contribution >= 4 is 27.8 Å². The first-order chi connectivity index (χ1) is 18.5. The Morgan fingerprint density at radius 3 is 2.15 bits per heavy atom. The highest BCUT2D eigenvalue weighted by molar-refractivity contribution is 7.92. The van der Waals surface area contributed by atoms with Gasteiger partial charge in [-0.15, -0.1) is 0 Å². The van der Waals surface area contributed by atoms with Crippen LogP contribution < -0.4 is 14.5 Å². The highest BCUT2D eigenvalue weighted by Gasteiger charge is 2.21. The number of aromatic nitrogens is 1. The van der Waals surface area contributed by atoms with Gasteiger partial charge in [-0.2, -0.15) is 5.10 Å². The second kappa shape index (κ2) is 11.6. The van der Waals surface area contributed by atoms with E-state index >= 15 is 0 Å². The van der Waals surface area contributed by atoms with Crippen LogP contribution in [-0.4, -0.2) is 37.9 Å². The third-order valence-electron chi connectivity index (χ3n) is 6.32. The molecule has 0 aliphatic heterocycles. The molecule has 0 fully saturated rings. The Hall–Kier alpha value is -4.37. The van der Waals surface area contributed by atoms with Gasteiger partial charge in [0.15, 0.2) is 0 Å². The van der Waals surface area contributed by atoms with Gasteiger partial charge >= 0.3 is 0 Å². The number of para-hydroxylation sites is 2. The number of carbonyl (C=O) groups excluding carboxylic acids is 1. The van der Waals surface area contributed by atoms with Gasteiger partial charge in [0.05, 0.1) is 23.8 Å². The van der Waals surface area contributed by atoms with Crippen LogP contribution in [0.3, 0.4) is 0 Å². The molecule has 4 rings (SSSR count). The minimum absolute atomic E-state index is 0.342. The predicted octanol–water partition coefficient (Wildman–Crippen LogP) is 5.42. The van der Waals surface area contributed by atoms with Gasteiger partial charge in [-0.25, -0.2) is 13.8 Å². The molecule has 39 heavy (non-hydrogen) atoms. The lowest BCUT2D eigenvalue weighted by Crippen LogP contribution is -2.39. The number of ether oxygens (including phenoxy) is 1. The van der Waals surface area contributed by atoms with Crippen LogP contribution in [0, 0.1) is 27.7 Å². The lowest BCUT2D eigenvalue weighted by atomic mass is 10.1. The third kappa shape index (κ3) is 6.56. The molecule has 0 saturated carbocycles. The summed E-state index contributed by atoms with van der Waals surface area (Å²) < 4.78 is 33.9. The summed E-state index contributed by atoms with van der Waals surface area (Å²) in [5, 5.41) is 4.11. The van der Waals surface area contributed by atoms with Gasteiger partial charge in [-0.1, -0.05) is 36.4 Å². The minimum Gasteiger partial charge on any atom is -0.457 e. The van der Waals surface area contributed by atoms with Crippen LogP contribution in [0.2, 0.25) is 0 Å². The normalized spacial score (nSPS) is 11.5. The molecule has 4 aromatic rings. The summed E-state index contributed by atoms with van der Waals surface area (Å²) in [5.41, 5.74) is 9.12. The van der Waals surface area contributed by atoms with Crippen LogP contribution in [0.15, 0.2) is 84.0 Å². The number of nitrogens with zero attached hydrogens (tertiary/aromatic N) is 3. The number of sulfonamides is 1. The number of nitrogens with one attached hydrogen (secondary N) is 1. The van der Waals surface area contributed by atoms with Gasteiger partial charge in [0, 0.05) is 17.0 Å². The molecule has 0 radical (unpaired) electrons. The monoisotopic (exact) mass is 544 g/mol. The summed E-state index contributed by atoms with van der Waals surface area (Å²) >= 11 is 0. The summed E-state index contributed by atoms with van der Waals surface area (Å²) in [6, 6.07) is 23.9. The topological polar surface area (TPSA) is 93.0 Å². The molecule has 1 N–H and O–H groups in total. The first-order valence-corrected chi connectivity index (χ1v) is 14.3. The van der Waals surface area contributed by atoms with E-state index in [1.54, 1.807) is 30.5 Å². The van der Waals surface area contributed by atoms with E-state index in [0.717, 1.165) is 44.3 Å². The van der Waals surface area contributed by atoms with Crippen molar-refractivity contribution in [3.05, 3.63) is 107 Å². The highest BCUT2D eigenvalue weighted by Crippen LogP contribution is 2.26. The fourth-order valence-corrected chi connectivity index (χ4v) is 5.32. The van der Waals surface area contributed by atoms with Crippen molar-refractivity contribution in [2.24, 2.45) is 5.10 Å². The van der Waals surface area contributed by atoms with Crippen molar-refractivity contribution in [2.75, 3.05) is 17.1 Å². The molecule has 3 aromatic carbocycles. The van der Waals surface area contributed by atoms with Crippen molar-refractivity contribution in [2.45, 2.75) is 27.7 Å². The Morgan fingerprint density at radius 1 is 0.923 bits per heavy atom. The highest BCUT2D eigenvalue weighted by atomic mass is 32.2. The number of hydrogen-bond acceptors (Lipinski definition) is 5. The predicted molar refractivity (Wildman–Crippen MR) is 156 cm³/mol. The molecule has 1 heterocycles. The summed E-state index contributed by atoms with van der Waals surface area (Å²) in [6.45, 7) is 7.75. The number of carbonyl (C=O) groups is 1. The van der Waals surface area contributed by atoms with Crippen LogP contribution in [0.1, 0.15) is 28.1 Å². The van der Waals surface area contributed by atoms with E-state index in [1.165, 1.54) is 0 Å².